The van der Waals surface area contributed by atoms with Gasteiger partial charge in [0, 0.05) is 19.8 Å². The number of ether oxygens (including phenoxy) is 1. The molecular formula is C18H19N3O4S. The second kappa shape index (κ2) is 7.99. The molecule has 2 aromatic carbocycles. The van der Waals surface area contributed by atoms with Gasteiger partial charge >= 0.3 is 0 Å². The molecule has 1 N–H and O–H groups in total. The van der Waals surface area contributed by atoms with Gasteiger partial charge in [-0.3, -0.25) is 4.79 Å². The standard InChI is InChI=1S/C18H19N3O4S/c1-13(25-16-8-4-14(12-19)5-9-16)18(22)20-15-6-10-17(11-7-15)26(23,24)21(2)3/h4-11,13H,1-3H3,(H,20,22)/t13-/m1/s1. The van der Waals surface area contributed by atoms with E-state index in [4.69, 9.17) is 10.00 Å². The number of hydrogen-bond acceptors (Lipinski definition) is 5. The van der Waals surface area contributed by atoms with Crippen molar-refractivity contribution in [3.63, 3.8) is 0 Å². The van der Waals surface area contributed by atoms with E-state index in [9.17, 15) is 13.2 Å². The second-order valence-electron chi connectivity index (χ2n) is 5.70. The SMILES string of the molecule is C[C@@H](Oc1ccc(C#N)cc1)C(=O)Nc1ccc(S(=O)(=O)N(C)C)cc1. The van der Waals surface area contributed by atoms with E-state index in [-0.39, 0.29) is 10.8 Å². The van der Waals surface area contributed by atoms with Gasteiger partial charge in [-0.1, -0.05) is 0 Å². The Morgan fingerprint density at radius 3 is 2.19 bits per heavy atom. The Kier molecular flexibility index (Phi) is 5.97. The van der Waals surface area contributed by atoms with Crippen LogP contribution in [-0.2, 0) is 14.8 Å². The van der Waals surface area contributed by atoms with Gasteiger partial charge in [0.1, 0.15) is 5.75 Å². The van der Waals surface area contributed by atoms with Crippen molar-refractivity contribution in [3.8, 4) is 11.8 Å². The minimum atomic E-state index is -3.51. The fraction of sp³-hybridized carbons (Fsp3) is 0.222. The number of carbonyl (C=O) groups excluding carboxylic acids is 1. The summed E-state index contributed by atoms with van der Waals surface area (Å²) in [6.45, 7) is 1.60. The number of nitriles is 1. The topological polar surface area (TPSA) is 99.5 Å². The van der Waals surface area contributed by atoms with E-state index in [1.165, 1.54) is 38.4 Å². The fourth-order valence-electron chi connectivity index (χ4n) is 2.03. The lowest BCUT2D eigenvalue weighted by atomic mass is 10.2. The molecule has 0 spiro atoms. The zero-order chi connectivity index (χ0) is 19.3. The van der Waals surface area contributed by atoms with Crippen molar-refractivity contribution >= 4 is 21.6 Å². The number of rotatable bonds is 6. The molecule has 0 heterocycles. The van der Waals surface area contributed by atoms with Gasteiger partial charge in [-0.05, 0) is 55.5 Å². The summed E-state index contributed by atoms with van der Waals surface area (Å²) < 4.78 is 30.7. The molecule has 0 saturated carbocycles. The Hall–Kier alpha value is -2.89. The van der Waals surface area contributed by atoms with Crippen molar-refractivity contribution in [1.29, 1.82) is 5.26 Å². The van der Waals surface area contributed by atoms with Crippen molar-refractivity contribution in [2.24, 2.45) is 0 Å². The first-order valence-corrected chi connectivity index (χ1v) is 9.18. The maximum absolute atomic E-state index is 12.2. The summed E-state index contributed by atoms with van der Waals surface area (Å²) in [7, 11) is -0.609. The molecule has 0 bridgehead atoms. The lowest BCUT2D eigenvalue weighted by Crippen LogP contribution is -2.30. The molecule has 0 aromatic heterocycles. The predicted molar refractivity (Wildman–Crippen MR) is 97.2 cm³/mol. The summed E-state index contributed by atoms with van der Waals surface area (Å²) in [6, 6.07) is 14.3. The second-order valence-corrected chi connectivity index (χ2v) is 7.85. The van der Waals surface area contributed by atoms with Gasteiger partial charge in [-0.25, -0.2) is 12.7 Å². The molecule has 1 amide bonds. The van der Waals surface area contributed by atoms with Gasteiger partial charge in [-0.15, -0.1) is 0 Å². The van der Waals surface area contributed by atoms with Crippen molar-refractivity contribution in [2.75, 3.05) is 19.4 Å². The molecule has 0 radical (unpaired) electrons. The fourth-order valence-corrected chi connectivity index (χ4v) is 2.93. The summed E-state index contributed by atoms with van der Waals surface area (Å²) in [6.07, 6.45) is -0.770. The summed E-state index contributed by atoms with van der Waals surface area (Å²) in [5.41, 5.74) is 0.963. The average molecular weight is 373 g/mol. The van der Waals surface area contributed by atoms with Crippen LogP contribution in [0, 0.1) is 11.3 Å². The Morgan fingerprint density at radius 1 is 1.12 bits per heavy atom. The maximum Gasteiger partial charge on any atom is 0.265 e. The number of amides is 1. The summed E-state index contributed by atoms with van der Waals surface area (Å²) in [5, 5.41) is 11.4. The number of nitrogens with one attached hydrogen (secondary N) is 1. The van der Waals surface area contributed by atoms with Gasteiger partial charge in [0.2, 0.25) is 10.0 Å². The minimum absolute atomic E-state index is 0.141. The number of hydrogen-bond donors (Lipinski definition) is 1. The summed E-state index contributed by atoms with van der Waals surface area (Å²) in [5.74, 6) is 0.0941. The third-order valence-electron chi connectivity index (χ3n) is 3.57. The molecule has 2 aromatic rings. The van der Waals surface area contributed by atoms with Crippen LogP contribution in [0.2, 0.25) is 0 Å². The lowest BCUT2D eigenvalue weighted by molar-refractivity contribution is -0.122. The molecule has 0 aliphatic carbocycles. The quantitative estimate of drug-likeness (QED) is 0.837. The molecule has 7 nitrogen and oxygen atoms in total. The van der Waals surface area contributed by atoms with Crippen molar-refractivity contribution < 1.29 is 17.9 Å². The number of carbonyl (C=O) groups is 1. The molecule has 1 atom stereocenters. The normalized spacial score (nSPS) is 12.3. The van der Waals surface area contributed by atoms with Crippen molar-refractivity contribution in [2.45, 2.75) is 17.9 Å². The first-order valence-electron chi connectivity index (χ1n) is 7.74. The van der Waals surface area contributed by atoms with Crippen LogP contribution in [0.5, 0.6) is 5.75 Å². The van der Waals surface area contributed by atoms with Crippen molar-refractivity contribution in [3.05, 3.63) is 54.1 Å². The van der Waals surface area contributed by atoms with Crippen LogP contribution in [0.25, 0.3) is 0 Å². The van der Waals surface area contributed by atoms with Gasteiger partial charge in [-0.2, -0.15) is 5.26 Å². The minimum Gasteiger partial charge on any atom is -0.481 e. The number of sulfonamides is 1. The summed E-state index contributed by atoms with van der Waals surface area (Å²) >= 11 is 0. The van der Waals surface area contributed by atoms with E-state index in [2.05, 4.69) is 5.32 Å². The van der Waals surface area contributed by atoms with Gasteiger partial charge in [0.25, 0.3) is 5.91 Å². The van der Waals surface area contributed by atoms with Gasteiger partial charge in [0.05, 0.1) is 16.5 Å². The molecule has 0 aliphatic heterocycles. The zero-order valence-electron chi connectivity index (χ0n) is 14.6. The first kappa shape index (κ1) is 19.4. The molecule has 2 rings (SSSR count). The Balaban J connectivity index is 2.01. The van der Waals surface area contributed by atoms with E-state index < -0.39 is 16.1 Å². The van der Waals surface area contributed by atoms with Crippen LogP contribution in [0.1, 0.15) is 12.5 Å². The number of anilines is 1. The molecule has 0 fully saturated rings. The molecule has 8 heteroatoms. The first-order chi connectivity index (χ1) is 12.2. The highest BCUT2D eigenvalue weighted by Crippen LogP contribution is 2.18. The highest BCUT2D eigenvalue weighted by atomic mass is 32.2. The van der Waals surface area contributed by atoms with E-state index in [0.717, 1.165) is 4.31 Å². The van der Waals surface area contributed by atoms with E-state index in [0.29, 0.717) is 17.0 Å². The highest BCUT2D eigenvalue weighted by molar-refractivity contribution is 7.89. The Bertz CT molecular complexity index is 914. The third kappa shape index (κ3) is 4.59. The highest BCUT2D eigenvalue weighted by Gasteiger charge is 2.18. The molecule has 0 aliphatic rings. The van der Waals surface area contributed by atoms with Crippen LogP contribution < -0.4 is 10.1 Å². The third-order valence-corrected chi connectivity index (χ3v) is 5.40. The zero-order valence-corrected chi connectivity index (χ0v) is 15.4. The Labute approximate surface area is 152 Å². The van der Waals surface area contributed by atoms with E-state index in [1.807, 2.05) is 6.07 Å². The van der Waals surface area contributed by atoms with E-state index >= 15 is 0 Å². The smallest absolute Gasteiger partial charge is 0.265 e. The van der Waals surface area contributed by atoms with Gasteiger partial charge < -0.3 is 10.1 Å². The monoisotopic (exact) mass is 373 g/mol. The molecule has 0 unspecified atom stereocenters. The Morgan fingerprint density at radius 2 is 1.69 bits per heavy atom. The predicted octanol–water partition coefficient (Wildman–Crippen LogP) is 2.21. The van der Waals surface area contributed by atoms with Crippen LogP contribution >= 0.6 is 0 Å². The number of benzene rings is 2. The van der Waals surface area contributed by atoms with Crippen LogP contribution in [0.15, 0.2) is 53.4 Å². The van der Waals surface area contributed by atoms with E-state index in [1.54, 1.807) is 31.2 Å². The van der Waals surface area contributed by atoms with Crippen LogP contribution in [0.3, 0.4) is 0 Å². The molecular weight excluding hydrogens is 354 g/mol. The van der Waals surface area contributed by atoms with Crippen LogP contribution in [0.4, 0.5) is 5.69 Å². The largest absolute Gasteiger partial charge is 0.481 e. The lowest BCUT2D eigenvalue weighted by Gasteiger charge is -2.15. The maximum atomic E-state index is 12.2. The number of nitrogens with zero attached hydrogens (tertiary/aromatic N) is 2. The van der Waals surface area contributed by atoms with Gasteiger partial charge in [0.15, 0.2) is 6.10 Å². The molecule has 0 saturated heterocycles. The average Bonchev–Trinajstić information content (AvgIpc) is 2.62. The van der Waals surface area contributed by atoms with Crippen molar-refractivity contribution in [1.82, 2.24) is 4.31 Å². The summed E-state index contributed by atoms with van der Waals surface area (Å²) in [4.78, 5) is 12.4. The van der Waals surface area contributed by atoms with Crippen LogP contribution in [-0.4, -0.2) is 38.8 Å². The molecule has 26 heavy (non-hydrogen) atoms. The molecule has 136 valence electrons.